The molecule has 106 valence electrons. The molecule has 0 heterocycles. The number of carbonyl (C=O) groups excluding carboxylic acids is 1. The van der Waals surface area contributed by atoms with Crippen LogP contribution in [0.3, 0.4) is 0 Å². The Hall–Kier alpha value is -1.51. The van der Waals surface area contributed by atoms with Crippen LogP contribution in [0.2, 0.25) is 0 Å². The van der Waals surface area contributed by atoms with E-state index < -0.39 is 0 Å². The van der Waals surface area contributed by atoms with Gasteiger partial charge in [-0.3, -0.25) is 4.79 Å². The van der Waals surface area contributed by atoms with Crippen molar-refractivity contribution in [2.45, 2.75) is 40.7 Å². The molecule has 0 saturated carbocycles. The number of hydrogen-bond acceptors (Lipinski definition) is 2. The lowest BCUT2D eigenvalue weighted by atomic mass is 9.96. The molecule has 0 unspecified atom stereocenters. The maximum absolute atomic E-state index is 12.5. The molecule has 0 bridgehead atoms. The summed E-state index contributed by atoms with van der Waals surface area (Å²) >= 11 is 0. The number of benzene rings is 1. The highest BCUT2D eigenvalue weighted by Gasteiger charge is 2.20. The largest absolute Gasteiger partial charge is 0.382 e. The van der Waals surface area contributed by atoms with Gasteiger partial charge in [-0.15, -0.1) is 0 Å². The average molecular weight is 262 g/mol. The van der Waals surface area contributed by atoms with Gasteiger partial charge in [0.1, 0.15) is 0 Å². The molecule has 1 amide bonds. The van der Waals surface area contributed by atoms with E-state index in [9.17, 15) is 4.79 Å². The first-order chi connectivity index (χ1) is 8.70. The molecule has 0 aliphatic heterocycles. The first kappa shape index (κ1) is 15.5. The monoisotopic (exact) mass is 262 g/mol. The molecule has 0 radical (unpaired) electrons. The van der Waals surface area contributed by atoms with Gasteiger partial charge in [0.05, 0.1) is 5.56 Å². The molecule has 1 aromatic rings. The minimum absolute atomic E-state index is 0.0682. The van der Waals surface area contributed by atoms with Crippen LogP contribution < -0.4 is 5.32 Å². The van der Waals surface area contributed by atoms with Crippen LogP contribution in [0, 0.1) is 5.41 Å². The normalized spacial score (nSPS) is 11.5. The van der Waals surface area contributed by atoms with E-state index in [1.165, 1.54) is 0 Å². The van der Waals surface area contributed by atoms with Crippen molar-refractivity contribution in [3.8, 4) is 0 Å². The van der Waals surface area contributed by atoms with Crippen LogP contribution >= 0.6 is 0 Å². The first-order valence-corrected chi connectivity index (χ1v) is 6.82. The number of amides is 1. The number of para-hydroxylation sites is 1. The summed E-state index contributed by atoms with van der Waals surface area (Å²) < 4.78 is 0. The van der Waals surface area contributed by atoms with Crippen molar-refractivity contribution in [3.05, 3.63) is 29.8 Å². The summed E-state index contributed by atoms with van der Waals surface area (Å²) in [6, 6.07) is 8.00. The number of nitrogens with zero attached hydrogens (tertiary/aromatic N) is 1. The quantitative estimate of drug-likeness (QED) is 0.898. The summed E-state index contributed by atoms with van der Waals surface area (Å²) in [5.74, 6) is 0.0682. The molecule has 3 nitrogen and oxygen atoms in total. The average Bonchev–Trinajstić information content (AvgIpc) is 2.25. The van der Waals surface area contributed by atoms with Gasteiger partial charge in [0.25, 0.3) is 5.91 Å². The Kier molecular flexibility index (Phi) is 4.98. The van der Waals surface area contributed by atoms with Crippen molar-refractivity contribution >= 4 is 11.6 Å². The minimum atomic E-state index is 0.0682. The minimum Gasteiger partial charge on any atom is -0.382 e. The summed E-state index contributed by atoms with van der Waals surface area (Å²) in [5, 5.41) is 3.32. The summed E-state index contributed by atoms with van der Waals surface area (Å²) in [4.78, 5) is 14.3. The Balaban J connectivity index is 2.93. The van der Waals surface area contributed by atoms with E-state index in [4.69, 9.17) is 0 Å². The van der Waals surface area contributed by atoms with Crippen molar-refractivity contribution in [3.63, 3.8) is 0 Å². The van der Waals surface area contributed by atoms with Crippen LogP contribution in [0.25, 0.3) is 0 Å². The van der Waals surface area contributed by atoms with E-state index in [0.29, 0.717) is 6.04 Å². The zero-order valence-corrected chi connectivity index (χ0v) is 12.9. The fourth-order valence-corrected chi connectivity index (χ4v) is 2.10. The van der Waals surface area contributed by atoms with Gasteiger partial charge in [-0.25, -0.2) is 0 Å². The summed E-state index contributed by atoms with van der Waals surface area (Å²) in [7, 11) is 1.86. The van der Waals surface area contributed by atoms with Crippen molar-refractivity contribution < 1.29 is 4.79 Å². The van der Waals surface area contributed by atoms with E-state index in [-0.39, 0.29) is 11.3 Å². The number of rotatable bonds is 4. The molecule has 3 heteroatoms. The Morgan fingerprint density at radius 2 is 1.84 bits per heavy atom. The fourth-order valence-electron chi connectivity index (χ4n) is 2.10. The Morgan fingerprint density at radius 3 is 2.37 bits per heavy atom. The SMILES string of the molecule is CC(C)Nc1ccccc1C(=O)N(C)CC(C)(C)C. The fraction of sp³-hybridized carbons (Fsp3) is 0.562. The molecule has 0 aliphatic rings. The van der Waals surface area contributed by atoms with Crippen molar-refractivity contribution in [1.29, 1.82) is 0 Å². The summed E-state index contributed by atoms with van der Waals surface area (Å²) in [6.45, 7) is 11.3. The molecule has 0 fully saturated rings. The Labute approximate surface area is 117 Å². The molecule has 0 spiro atoms. The van der Waals surface area contributed by atoms with Crippen molar-refractivity contribution in [1.82, 2.24) is 4.90 Å². The van der Waals surface area contributed by atoms with Gasteiger partial charge in [-0.2, -0.15) is 0 Å². The van der Waals surface area contributed by atoms with Gasteiger partial charge >= 0.3 is 0 Å². The van der Waals surface area contributed by atoms with E-state index in [2.05, 4.69) is 39.9 Å². The third kappa shape index (κ3) is 4.93. The molecule has 0 aliphatic carbocycles. The molecule has 0 aromatic heterocycles. The maximum Gasteiger partial charge on any atom is 0.255 e. The molecule has 1 N–H and O–H groups in total. The van der Waals surface area contributed by atoms with Crippen LogP contribution in [0.1, 0.15) is 45.0 Å². The van der Waals surface area contributed by atoms with Crippen LogP contribution in [0.5, 0.6) is 0 Å². The molecular weight excluding hydrogens is 236 g/mol. The topological polar surface area (TPSA) is 32.3 Å². The van der Waals surface area contributed by atoms with Gasteiger partial charge in [0, 0.05) is 25.3 Å². The predicted octanol–water partition coefficient (Wildman–Crippen LogP) is 3.63. The highest BCUT2D eigenvalue weighted by atomic mass is 16.2. The molecule has 19 heavy (non-hydrogen) atoms. The lowest BCUT2D eigenvalue weighted by Crippen LogP contribution is -2.35. The maximum atomic E-state index is 12.5. The molecule has 1 rings (SSSR count). The van der Waals surface area contributed by atoms with Crippen LogP contribution in [-0.4, -0.2) is 30.4 Å². The number of anilines is 1. The summed E-state index contributed by atoms with van der Waals surface area (Å²) in [5.41, 5.74) is 1.75. The second-order valence-corrected chi connectivity index (χ2v) is 6.57. The lowest BCUT2D eigenvalue weighted by molar-refractivity contribution is 0.0746. The third-order valence-corrected chi connectivity index (χ3v) is 2.66. The van der Waals surface area contributed by atoms with Crippen LogP contribution in [-0.2, 0) is 0 Å². The van der Waals surface area contributed by atoms with E-state index >= 15 is 0 Å². The van der Waals surface area contributed by atoms with Crippen LogP contribution in [0.4, 0.5) is 5.69 Å². The zero-order valence-electron chi connectivity index (χ0n) is 12.9. The zero-order chi connectivity index (χ0) is 14.6. The molecular formula is C16H26N2O. The van der Waals surface area contributed by atoms with Gasteiger partial charge in [-0.05, 0) is 31.4 Å². The number of carbonyl (C=O) groups is 1. The predicted molar refractivity (Wildman–Crippen MR) is 81.6 cm³/mol. The van der Waals surface area contributed by atoms with Gasteiger partial charge < -0.3 is 10.2 Å². The van der Waals surface area contributed by atoms with Crippen molar-refractivity contribution in [2.24, 2.45) is 5.41 Å². The Morgan fingerprint density at radius 1 is 1.26 bits per heavy atom. The molecule has 0 atom stereocenters. The van der Waals surface area contributed by atoms with Crippen LogP contribution in [0.15, 0.2) is 24.3 Å². The second kappa shape index (κ2) is 6.09. The van der Waals surface area contributed by atoms with E-state index in [1.807, 2.05) is 31.3 Å². The van der Waals surface area contributed by atoms with Gasteiger partial charge in [0.2, 0.25) is 0 Å². The second-order valence-electron chi connectivity index (χ2n) is 6.57. The van der Waals surface area contributed by atoms with E-state index in [0.717, 1.165) is 17.8 Å². The Bertz CT molecular complexity index is 433. The standard InChI is InChI=1S/C16H26N2O/c1-12(2)17-14-10-8-7-9-13(14)15(19)18(6)11-16(3,4)5/h7-10,12,17H,11H2,1-6H3. The number of hydrogen-bond donors (Lipinski definition) is 1. The lowest BCUT2D eigenvalue weighted by Gasteiger charge is -2.27. The van der Waals surface area contributed by atoms with Gasteiger partial charge in [-0.1, -0.05) is 32.9 Å². The smallest absolute Gasteiger partial charge is 0.255 e. The highest BCUT2D eigenvalue weighted by molar-refractivity contribution is 5.99. The molecule has 1 aromatic carbocycles. The third-order valence-electron chi connectivity index (χ3n) is 2.66. The van der Waals surface area contributed by atoms with E-state index in [1.54, 1.807) is 4.90 Å². The molecule has 0 saturated heterocycles. The van der Waals surface area contributed by atoms with Crippen molar-refractivity contribution in [2.75, 3.05) is 18.9 Å². The number of nitrogens with one attached hydrogen (secondary N) is 1. The first-order valence-electron chi connectivity index (χ1n) is 6.82. The van der Waals surface area contributed by atoms with Gasteiger partial charge in [0.15, 0.2) is 0 Å². The highest BCUT2D eigenvalue weighted by Crippen LogP contribution is 2.20. The summed E-state index contributed by atoms with van der Waals surface area (Å²) in [6.07, 6.45) is 0.